The zero-order valence-corrected chi connectivity index (χ0v) is 11.5. The van der Waals surface area contributed by atoms with E-state index in [4.69, 9.17) is 10.5 Å². The molecular weight excluding hydrogens is 306 g/mol. The minimum atomic E-state index is 0.285. The number of nitrogens with zero attached hydrogens (tertiary/aromatic N) is 2. The van der Waals surface area contributed by atoms with Crippen molar-refractivity contribution in [3.8, 4) is 11.8 Å². The van der Waals surface area contributed by atoms with Crippen molar-refractivity contribution in [1.29, 1.82) is 0 Å². The van der Waals surface area contributed by atoms with Gasteiger partial charge in [-0.1, -0.05) is 34.1 Å². The van der Waals surface area contributed by atoms with Gasteiger partial charge in [-0.25, -0.2) is 4.98 Å². The van der Waals surface area contributed by atoms with Crippen LogP contribution in [0.2, 0.25) is 0 Å². The fourth-order valence-corrected chi connectivity index (χ4v) is 2.09. The lowest BCUT2D eigenvalue weighted by Crippen LogP contribution is -1.95. The van der Waals surface area contributed by atoms with Gasteiger partial charge in [0.25, 0.3) is 0 Å². The van der Waals surface area contributed by atoms with Crippen LogP contribution in [0, 0.1) is 0 Å². The van der Waals surface area contributed by atoms with E-state index in [-0.39, 0.29) is 6.01 Å². The maximum absolute atomic E-state index is 5.87. The van der Waals surface area contributed by atoms with Crippen molar-refractivity contribution >= 4 is 32.5 Å². The van der Waals surface area contributed by atoms with Crippen LogP contribution in [0.3, 0.4) is 0 Å². The highest BCUT2D eigenvalue weighted by atomic mass is 79.9. The van der Waals surface area contributed by atoms with E-state index in [1.165, 1.54) is 0 Å². The molecule has 0 aliphatic heterocycles. The molecule has 3 rings (SSSR count). The number of benzene rings is 2. The van der Waals surface area contributed by atoms with Crippen molar-refractivity contribution in [3.63, 3.8) is 0 Å². The number of nitrogens with two attached hydrogens (primary N) is 1. The molecule has 0 unspecified atom stereocenters. The summed E-state index contributed by atoms with van der Waals surface area (Å²) >= 11 is 3.35. The van der Waals surface area contributed by atoms with E-state index in [9.17, 15) is 0 Å². The second-order valence-electron chi connectivity index (χ2n) is 4.00. The first-order valence-electron chi connectivity index (χ1n) is 5.67. The molecule has 0 amide bonds. The molecule has 3 aromatic rings. The first-order chi connectivity index (χ1) is 9.22. The molecule has 4 nitrogen and oxygen atoms in total. The Hall–Kier alpha value is -2.14. The number of halogens is 1. The van der Waals surface area contributed by atoms with Gasteiger partial charge in [0.05, 0.1) is 11.2 Å². The summed E-state index contributed by atoms with van der Waals surface area (Å²) in [7, 11) is 0. The van der Waals surface area contributed by atoms with Gasteiger partial charge in [-0.2, -0.15) is 4.98 Å². The molecule has 1 aromatic heterocycles. The van der Waals surface area contributed by atoms with Crippen LogP contribution in [0.15, 0.2) is 53.1 Å². The quantitative estimate of drug-likeness (QED) is 0.731. The molecule has 0 spiro atoms. The highest BCUT2D eigenvalue weighted by Gasteiger charge is 2.05. The highest BCUT2D eigenvalue weighted by molar-refractivity contribution is 9.10. The second-order valence-corrected chi connectivity index (χ2v) is 4.91. The van der Waals surface area contributed by atoms with Crippen molar-refractivity contribution in [1.82, 2.24) is 9.97 Å². The normalized spacial score (nSPS) is 10.6. The van der Waals surface area contributed by atoms with Crippen LogP contribution in [-0.4, -0.2) is 9.97 Å². The van der Waals surface area contributed by atoms with Crippen LogP contribution in [0.25, 0.3) is 10.9 Å². The van der Waals surface area contributed by atoms with Gasteiger partial charge in [0, 0.05) is 16.1 Å². The molecule has 0 fully saturated rings. The Kier molecular flexibility index (Phi) is 3.05. The predicted molar refractivity (Wildman–Crippen MR) is 78.2 cm³/mol. The summed E-state index contributed by atoms with van der Waals surface area (Å²) in [6.45, 7) is 0. The van der Waals surface area contributed by atoms with Crippen LogP contribution < -0.4 is 10.5 Å². The summed E-state index contributed by atoms with van der Waals surface area (Å²) < 4.78 is 6.50. The van der Waals surface area contributed by atoms with Crippen LogP contribution in [0.5, 0.6) is 11.8 Å². The zero-order valence-electron chi connectivity index (χ0n) is 9.88. The standard InChI is InChI=1S/C14H10BrN3O/c15-10-5-6-13(11(16)7-10)19-14-17-8-9-3-1-2-4-12(9)18-14/h1-8H,16H2. The maximum atomic E-state index is 5.87. The molecule has 0 radical (unpaired) electrons. The Morgan fingerprint density at radius 1 is 1.11 bits per heavy atom. The summed E-state index contributed by atoms with van der Waals surface area (Å²) in [5.41, 5.74) is 7.24. The molecule has 0 saturated heterocycles. The number of fused-ring (bicyclic) bond motifs is 1. The average molecular weight is 316 g/mol. The number of ether oxygens (including phenoxy) is 1. The summed E-state index contributed by atoms with van der Waals surface area (Å²) in [5, 5.41) is 0.971. The Morgan fingerprint density at radius 2 is 1.95 bits per heavy atom. The van der Waals surface area contributed by atoms with Gasteiger partial charge in [-0.05, 0) is 24.3 Å². The van der Waals surface area contributed by atoms with Gasteiger partial charge in [0.2, 0.25) is 0 Å². The van der Waals surface area contributed by atoms with Crippen molar-refractivity contribution in [2.75, 3.05) is 5.73 Å². The topological polar surface area (TPSA) is 61.0 Å². The predicted octanol–water partition coefficient (Wildman–Crippen LogP) is 3.77. The Bertz CT molecular complexity index is 746. The second kappa shape index (κ2) is 4.85. The molecule has 5 heteroatoms. The summed E-state index contributed by atoms with van der Waals surface area (Å²) in [6, 6.07) is 13.4. The van der Waals surface area contributed by atoms with Crippen molar-refractivity contribution in [3.05, 3.63) is 53.1 Å². The van der Waals surface area contributed by atoms with Gasteiger partial charge >= 0.3 is 6.01 Å². The van der Waals surface area contributed by atoms with Gasteiger partial charge in [0.1, 0.15) is 0 Å². The first-order valence-corrected chi connectivity index (χ1v) is 6.46. The molecule has 0 aliphatic carbocycles. The zero-order chi connectivity index (χ0) is 13.2. The monoisotopic (exact) mass is 315 g/mol. The fraction of sp³-hybridized carbons (Fsp3) is 0. The molecule has 2 aromatic carbocycles. The molecule has 2 N–H and O–H groups in total. The van der Waals surface area contributed by atoms with Crippen LogP contribution in [-0.2, 0) is 0 Å². The Labute approximate surface area is 118 Å². The summed E-state index contributed by atoms with van der Waals surface area (Å²) in [6.07, 6.45) is 1.73. The number of para-hydroxylation sites is 1. The number of hydrogen-bond donors (Lipinski definition) is 1. The molecular formula is C14H10BrN3O. The third-order valence-corrected chi connectivity index (χ3v) is 3.13. The van der Waals surface area contributed by atoms with E-state index in [2.05, 4.69) is 25.9 Å². The lowest BCUT2D eigenvalue weighted by atomic mass is 10.2. The van der Waals surface area contributed by atoms with Crippen molar-refractivity contribution < 1.29 is 4.74 Å². The van der Waals surface area contributed by atoms with E-state index >= 15 is 0 Å². The Balaban J connectivity index is 1.96. The van der Waals surface area contributed by atoms with E-state index in [1.807, 2.05) is 30.3 Å². The average Bonchev–Trinajstić information content (AvgIpc) is 2.42. The van der Waals surface area contributed by atoms with Gasteiger partial charge in [-0.3, -0.25) is 0 Å². The SMILES string of the molecule is Nc1cc(Br)ccc1Oc1ncc2ccccc2n1. The van der Waals surface area contributed by atoms with Crippen LogP contribution >= 0.6 is 15.9 Å². The molecule has 0 saturated carbocycles. The third-order valence-electron chi connectivity index (χ3n) is 2.64. The van der Waals surface area contributed by atoms with E-state index in [0.29, 0.717) is 11.4 Å². The minimum absolute atomic E-state index is 0.285. The maximum Gasteiger partial charge on any atom is 0.322 e. The van der Waals surface area contributed by atoms with Crippen molar-refractivity contribution in [2.45, 2.75) is 0 Å². The Morgan fingerprint density at radius 3 is 2.79 bits per heavy atom. The number of nitrogen functional groups attached to an aromatic ring is 1. The minimum Gasteiger partial charge on any atom is -0.422 e. The summed E-state index contributed by atoms with van der Waals surface area (Å²) in [4.78, 5) is 8.50. The smallest absolute Gasteiger partial charge is 0.322 e. The van der Waals surface area contributed by atoms with Crippen molar-refractivity contribution in [2.24, 2.45) is 0 Å². The number of aromatic nitrogens is 2. The number of rotatable bonds is 2. The first kappa shape index (κ1) is 11.9. The molecule has 1 heterocycles. The lowest BCUT2D eigenvalue weighted by Gasteiger charge is -2.07. The fourth-order valence-electron chi connectivity index (χ4n) is 1.71. The van der Waals surface area contributed by atoms with Gasteiger partial charge < -0.3 is 10.5 Å². The van der Waals surface area contributed by atoms with Gasteiger partial charge in [-0.15, -0.1) is 0 Å². The largest absolute Gasteiger partial charge is 0.422 e. The molecule has 0 atom stereocenters. The summed E-state index contributed by atoms with van der Waals surface area (Å²) in [5.74, 6) is 0.540. The van der Waals surface area contributed by atoms with E-state index in [0.717, 1.165) is 15.4 Å². The van der Waals surface area contributed by atoms with E-state index in [1.54, 1.807) is 18.3 Å². The lowest BCUT2D eigenvalue weighted by molar-refractivity contribution is 0.446. The third kappa shape index (κ3) is 2.51. The highest BCUT2D eigenvalue weighted by Crippen LogP contribution is 2.28. The van der Waals surface area contributed by atoms with Crippen LogP contribution in [0.4, 0.5) is 5.69 Å². The van der Waals surface area contributed by atoms with E-state index < -0.39 is 0 Å². The molecule has 0 aliphatic rings. The molecule has 94 valence electrons. The molecule has 0 bridgehead atoms. The van der Waals surface area contributed by atoms with Gasteiger partial charge in [0.15, 0.2) is 5.75 Å². The number of anilines is 1. The molecule has 19 heavy (non-hydrogen) atoms. The number of hydrogen-bond acceptors (Lipinski definition) is 4. The van der Waals surface area contributed by atoms with Crippen LogP contribution in [0.1, 0.15) is 0 Å².